The van der Waals surface area contributed by atoms with E-state index in [1.54, 1.807) is 0 Å². The smallest absolute Gasteiger partial charge is 0.224 e. The van der Waals surface area contributed by atoms with Crippen molar-refractivity contribution >= 4 is 30.7 Å². The van der Waals surface area contributed by atoms with Gasteiger partial charge in [0.1, 0.15) is 0 Å². The molecule has 1 aromatic carbocycles. The highest BCUT2D eigenvalue weighted by Gasteiger charge is 2.14. The minimum atomic E-state index is -0.0172. The Balaban J connectivity index is 0.00000264. The van der Waals surface area contributed by atoms with E-state index in [0.29, 0.717) is 13.1 Å². The average Bonchev–Trinajstić information content (AvgIpc) is 2.55. The summed E-state index contributed by atoms with van der Waals surface area (Å²) in [7, 11) is 1.86. The van der Waals surface area contributed by atoms with Crippen LogP contribution in [0.5, 0.6) is 0 Å². The van der Waals surface area contributed by atoms with Crippen LogP contribution >= 0.6 is 24.8 Å². The van der Waals surface area contributed by atoms with Crippen molar-refractivity contribution in [3.05, 3.63) is 35.4 Å². The summed E-state index contributed by atoms with van der Waals surface area (Å²) in [5, 5.41) is 6.07. The lowest BCUT2D eigenvalue weighted by molar-refractivity contribution is -0.124. The van der Waals surface area contributed by atoms with Crippen molar-refractivity contribution in [1.82, 2.24) is 15.5 Å². The Bertz CT molecular complexity index is 483. The normalized spacial score (nSPS) is 15.8. The number of rotatable bonds is 7. The lowest BCUT2D eigenvalue weighted by atomic mass is 10.1. The highest BCUT2D eigenvalue weighted by atomic mass is 35.5. The van der Waals surface area contributed by atoms with Gasteiger partial charge in [0.2, 0.25) is 5.91 Å². The van der Waals surface area contributed by atoms with E-state index >= 15 is 0 Å². The van der Waals surface area contributed by atoms with Gasteiger partial charge in [-0.2, -0.15) is 0 Å². The fourth-order valence-electron chi connectivity index (χ4n) is 2.64. The molecule has 0 saturated carbocycles. The first-order valence-electron chi connectivity index (χ1n) is 8.00. The molecule has 0 aliphatic carbocycles. The third-order valence-corrected chi connectivity index (χ3v) is 4.03. The number of amides is 1. The summed E-state index contributed by atoms with van der Waals surface area (Å²) in [6.07, 6.45) is 0. The fraction of sp³-hybridized carbons (Fsp3) is 0.588. The van der Waals surface area contributed by atoms with Crippen molar-refractivity contribution in [1.29, 1.82) is 0 Å². The molecule has 0 aromatic heterocycles. The second-order valence-electron chi connectivity index (χ2n) is 5.83. The predicted octanol–water partition coefficient (Wildman–Crippen LogP) is 1.83. The molecule has 1 aliphatic heterocycles. The van der Waals surface area contributed by atoms with Gasteiger partial charge in [0.05, 0.1) is 13.2 Å². The molecule has 24 heavy (non-hydrogen) atoms. The molecule has 0 spiro atoms. The third kappa shape index (κ3) is 7.36. The first-order chi connectivity index (χ1) is 10.7. The Morgan fingerprint density at radius 2 is 1.83 bits per heavy atom. The molecule has 1 heterocycles. The summed E-state index contributed by atoms with van der Waals surface area (Å²) in [5.41, 5.74) is 2.48. The molecule has 1 aromatic rings. The standard InChI is InChI=1S/C17H27N3O2.2ClH/c1-14(11-18-2)17(21)19-12-15-5-3-4-6-16(15)13-20-7-9-22-10-8-20;;/h3-6,14,18H,7-13H2,1-2H3,(H,19,21);2*1H. The van der Waals surface area contributed by atoms with Crippen LogP contribution in [0.3, 0.4) is 0 Å². The number of hydrogen-bond acceptors (Lipinski definition) is 4. The van der Waals surface area contributed by atoms with Crippen LogP contribution in [0.1, 0.15) is 18.1 Å². The number of nitrogens with one attached hydrogen (secondary N) is 2. The molecule has 0 bridgehead atoms. The molecule has 1 fully saturated rings. The van der Waals surface area contributed by atoms with Crippen molar-refractivity contribution in [3.8, 4) is 0 Å². The zero-order valence-electron chi connectivity index (χ0n) is 14.4. The fourth-order valence-corrected chi connectivity index (χ4v) is 2.64. The van der Waals surface area contributed by atoms with Crippen molar-refractivity contribution < 1.29 is 9.53 Å². The van der Waals surface area contributed by atoms with Crippen LogP contribution in [0.25, 0.3) is 0 Å². The topological polar surface area (TPSA) is 53.6 Å². The SMILES string of the molecule is CNCC(C)C(=O)NCc1ccccc1CN1CCOCC1.Cl.Cl. The van der Waals surface area contributed by atoms with Gasteiger partial charge in [-0.25, -0.2) is 0 Å². The maximum Gasteiger partial charge on any atom is 0.224 e. The summed E-state index contributed by atoms with van der Waals surface area (Å²) in [6.45, 7) is 7.70. The van der Waals surface area contributed by atoms with E-state index in [0.717, 1.165) is 32.8 Å². The number of ether oxygens (including phenoxy) is 1. The molecule has 2 N–H and O–H groups in total. The molecule has 0 radical (unpaired) electrons. The molecule has 5 nitrogen and oxygen atoms in total. The van der Waals surface area contributed by atoms with Gasteiger partial charge in [-0.05, 0) is 18.2 Å². The van der Waals surface area contributed by atoms with Crippen LogP contribution in [-0.4, -0.2) is 50.7 Å². The maximum atomic E-state index is 12.0. The Morgan fingerprint density at radius 1 is 1.21 bits per heavy atom. The first kappa shape index (κ1) is 23.1. The second-order valence-corrected chi connectivity index (χ2v) is 5.83. The highest BCUT2D eigenvalue weighted by Crippen LogP contribution is 2.13. The van der Waals surface area contributed by atoms with Gasteiger partial charge in [0.15, 0.2) is 0 Å². The number of halogens is 2. The largest absolute Gasteiger partial charge is 0.379 e. The predicted molar refractivity (Wildman–Crippen MR) is 102 cm³/mol. The van der Waals surface area contributed by atoms with E-state index < -0.39 is 0 Å². The van der Waals surface area contributed by atoms with Crippen LogP contribution in [0.2, 0.25) is 0 Å². The van der Waals surface area contributed by atoms with Gasteiger partial charge >= 0.3 is 0 Å². The van der Waals surface area contributed by atoms with Gasteiger partial charge in [0.25, 0.3) is 0 Å². The Morgan fingerprint density at radius 3 is 2.46 bits per heavy atom. The maximum absolute atomic E-state index is 12.0. The Hall–Kier alpha value is -0.850. The first-order valence-corrected chi connectivity index (χ1v) is 8.00. The second kappa shape index (κ2) is 12.5. The van der Waals surface area contributed by atoms with Gasteiger partial charge in [-0.15, -0.1) is 24.8 Å². The number of hydrogen-bond donors (Lipinski definition) is 2. The Labute approximate surface area is 157 Å². The van der Waals surface area contributed by atoms with E-state index in [2.05, 4.69) is 33.7 Å². The molecule has 7 heteroatoms. The van der Waals surface area contributed by atoms with Gasteiger partial charge in [-0.3, -0.25) is 9.69 Å². The number of carbonyl (C=O) groups excluding carboxylic acids is 1. The van der Waals surface area contributed by atoms with E-state index in [1.807, 2.05) is 20.0 Å². The van der Waals surface area contributed by atoms with E-state index in [1.165, 1.54) is 11.1 Å². The van der Waals surface area contributed by atoms with Crippen LogP contribution in [0.15, 0.2) is 24.3 Å². The average molecular weight is 378 g/mol. The number of benzene rings is 1. The van der Waals surface area contributed by atoms with Crippen LogP contribution in [0, 0.1) is 5.92 Å². The number of carbonyl (C=O) groups is 1. The van der Waals surface area contributed by atoms with Gasteiger partial charge in [-0.1, -0.05) is 31.2 Å². The number of nitrogens with zero attached hydrogens (tertiary/aromatic N) is 1. The zero-order chi connectivity index (χ0) is 15.8. The molecule has 138 valence electrons. The summed E-state index contributed by atoms with van der Waals surface area (Å²) < 4.78 is 5.39. The Kier molecular flexibility index (Phi) is 12.1. The zero-order valence-corrected chi connectivity index (χ0v) is 16.0. The van der Waals surface area contributed by atoms with E-state index in [-0.39, 0.29) is 36.6 Å². The van der Waals surface area contributed by atoms with Crippen molar-refractivity contribution in [2.24, 2.45) is 5.92 Å². The molecule has 2 rings (SSSR count). The summed E-state index contributed by atoms with van der Waals surface area (Å²) in [4.78, 5) is 14.4. The molecule has 1 saturated heterocycles. The van der Waals surface area contributed by atoms with Gasteiger partial charge in [0, 0.05) is 38.6 Å². The minimum Gasteiger partial charge on any atom is -0.379 e. The molecule has 1 atom stereocenters. The minimum absolute atomic E-state index is 0. The third-order valence-electron chi connectivity index (χ3n) is 4.03. The van der Waals surface area contributed by atoms with Crippen LogP contribution < -0.4 is 10.6 Å². The number of morpholine rings is 1. The summed E-state index contributed by atoms with van der Waals surface area (Å²) in [6, 6.07) is 8.33. The molecular weight excluding hydrogens is 349 g/mol. The summed E-state index contributed by atoms with van der Waals surface area (Å²) >= 11 is 0. The monoisotopic (exact) mass is 377 g/mol. The van der Waals surface area contributed by atoms with E-state index in [4.69, 9.17) is 4.74 Å². The lowest BCUT2D eigenvalue weighted by Gasteiger charge is -2.27. The van der Waals surface area contributed by atoms with E-state index in [9.17, 15) is 4.79 Å². The van der Waals surface area contributed by atoms with Gasteiger partial charge < -0.3 is 15.4 Å². The van der Waals surface area contributed by atoms with Crippen molar-refractivity contribution in [2.75, 3.05) is 39.9 Å². The van der Waals surface area contributed by atoms with Crippen LogP contribution in [0.4, 0.5) is 0 Å². The van der Waals surface area contributed by atoms with Crippen molar-refractivity contribution in [3.63, 3.8) is 0 Å². The lowest BCUT2D eigenvalue weighted by Crippen LogP contribution is -2.36. The summed E-state index contributed by atoms with van der Waals surface area (Å²) in [5.74, 6) is 0.0759. The molecule has 1 aliphatic rings. The van der Waals surface area contributed by atoms with Crippen LogP contribution in [-0.2, 0) is 22.6 Å². The molecule has 1 amide bonds. The molecular formula is C17H29Cl2N3O2. The van der Waals surface area contributed by atoms with Crippen molar-refractivity contribution in [2.45, 2.75) is 20.0 Å². The quantitative estimate of drug-likeness (QED) is 0.760. The molecule has 1 unspecified atom stereocenters. The highest BCUT2D eigenvalue weighted by molar-refractivity contribution is 5.85.